The van der Waals surface area contributed by atoms with E-state index in [2.05, 4.69) is 33.1 Å². The second-order valence-electron chi connectivity index (χ2n) is 8.02. The third-order valence-electron chi connectivity index (χ3n) is 6.06. The topological polar surface area (TPSA) is 98.5 Å². The van der Waals surface area contributed by atoms with E-state index in [1.165, 1.54) is 5.56 Å². The Balaban J connectivity index is 1.71. The zero-order valence-corrected chi connectivity index (χ0v) is 18.7. The summed E-state index contributed by atoms with van der Waals surface area (Å²) < 4.78 is 5.53. The van der Waals surface area contributed by atoms with Crippen LogP contribution in [0, 0.1) is 11.5 Å². The molecule has 0 aliphatic heterocycles. The molecular formula is C25H31N5O2. The van der Waals surface area contributed by atoms with Crippen LogP contribution in [0.3, 0.4) is 0 Å². The molecule has 0 aromatic heterocycles. The molecule has 1 fully saturated rings. The summed E-state index contributed by atoms with van der Waals surface area (Å²) in [7, 11) is 1.75. The van der Waals surface area contributed by atoms with Crippen molar-refractivity contribution in [1.82, 2.24) is 16.0 Å². The molecule has 1 amide bonds. The van der Waals surface area contributed by atoms with E-state index in [0.717, 1.165) is 25.7 Å². The molecule has 7 heteroatoms. The summed E-state index contributed by atoms with van der Waals surface area (Å²) in [5.74, 6) is 1.09. The lowest BCUT2D eigenvalue weighted by Gasteiger charge is -2.41. The van der Waals surface area contributed by atoms with Crippen LogP contribution in [0.2, 0.25) is 0 Å². The van der Waals surface area contributed by atoms with Crippen LogP contribution in [0.25, 0.3) is 0 Å². The predicted octanol–water partition coefficient (Wildman–Crippen LogP) is 3.34. The Labute approximate surface area is 189 Å². The van der Waals surface area contributed by atoms with Gasteiger partial charge < -0.3 is 20.7 Å². The Kier molecular flexibility index (Phi) is 8.09. The van der Waals surface area contributed by atoms with Crippen molar-refractivity contribution in [3.63, 3.8) is 0 Å². The van der Waals surface area contributed by atoms with Gasteiger partial charge in [-0.1, -0.05) is 36.4 Å². The fourth-order valence-corrected chi connectivity index (χ4v) is 4.32. The van der Waals surface area contributed by atoms with Gasteiger partial charge in [0.2, 0.25) is 12.2 Å². The van der Waals surface area contributed by atoms with Crippen molar-refractivity contribution in [3.05, 3.63) is 65.7 Å². The molecule has 0 saturated heterocycles. The molecule has 2 aromatic carbocycles. The van der Waals surface area contributed by atoms with Crippen molar-refractivity contribution >= 4 is 11.9 Å². The van der Waals surface area contributed by atoms with Gasteiger partial charge in [-0.05, 0) is 56.4 Å². The van der Waals surface area contributed by atoms with Crippen molar-refractivity contribution in [1.29, 1.82) is 5.26 Å². The third-order valence-corrected chi connectivity index (χ3v) is 6.06. The zero-order chi connectivity index (χ0) is 22.8. The van der Waals surface area contributed by atoms with Crippen LogP contribution in [0.5, 0.6) is 5.75 Å². The highest BCUT2D eigenvalue weighted by Crippen LogP contribution is 2.39. The molecule has 2 aromatic rings. The highest BCUT2D eigenvalue weighted by Gasteiger charge is 2.37. The molecule has 3 N–H and O–H groups in total. The maximum absolute atomic E-state index is 12.9. The second-order valence-corrected chi connectivity index (χ2v) is 8.02. The summed E-state index contributed by atoms with van der Waals surface area (Å²) in [5.41, 5.74) is 1.70. The lowest BCUT2D eigenvalue weighted by atomic mass is 9.68. The van der Waals surface area contributed by atoms with Gasteiger partial charge in [-0.3, -0.25) is 4.79 Å². The van der Waals surface area contributed by atoms with Gasteiger partial charge >= 0.3 is 0 Å². The highest BCUT2D eigenvalue weighted by atomic mass is 16.5. The Hall–Kier alpha value is -3.53. The number of carbonyl (C=O) groups excluding carboxylic acids is 1. The van der Waals surface area contributed by atoms with E-state index in [1.54, 1.807) is 13.1 Å². The number of hydrogen-bond donors (Lipinski definition) is 3. The summed E-state index contributed by atoms with van der Waals surface area (Å²) in [4.78, 5) is 16.7. The van der Waals surface area contributed by atoms with Crippen LogP contribution in [0.1, 0.15) is 48.5 Å². The molecule has 0 atom stereocenters. The van der Waals surface area contributed by atoms with Gasteiger partial charge in [0.1, 0.15) is 5.75 Å². The first kappa shape index (κ1) is 23.1. The molecule has 1 saturated carbocycles. The monoisotopic (exact) mass is 433 g/mol. The van der Waals surface area contributed by atoms with Gasteiger partial charge in [0.15, 0.2) is 0 Å². The predicted molar refractivity (Wildman–Crippen MR) is 126 cm³/mol. The fourth-order valence-electron chi connectivity index (χ4n) is 4.32. The van der Waals surface area contributed by atoms with Crippen molar-refractivity contribution in [2.24, 2.45) is 4.99 Å². The van der Waals surface area contributed by atoms with Gasteiger partial charge in [0.25, 0.3) is 5.91 Å². The van der Waals surface area contributed by atoms with E-state index < -0.39 is 0 Å². The number of ether oxygens (including phenoxy) is 1. The SMILES string of the molecule is CCOc1cccc(C(=O)NC[C@]2(c3ccccc3)CC[C@H](N/C(=N/C#N)NC)CC2)c1. The van der Waals surface area contributed by atoms with Gasteiger partial charge in [0.05, 0.1) is 6.61 Å². The quantitative estimate of drug-likeness (QED) is 0.353. The molecule has 3 rings (SSSR count). The average molecular weight is 434 g/mol. The Morgan fingerprint density at radius 1 is 1.19 bits per heavy atom. The molecule has 7 nitrogen and oxygen atoms in total. The fraction of sp³-hybridized carbons (Fsp3) is 0.400. The molecule has 0 radical (unpaired) electrons. The van der Waals surface area contributed by atoms with Crippen molar-refractivity contribution in [3.8, 4) is 11.9 Å². The lowest BCUT2D eigenvalue weighted by molar-refractivity contribution is 0.0934. The van der Waals surface area contributed by atoms with Crippen LogP contribution >= 0.6 is 0 Å². The number of benzene rings is 2. The molecule has 1 aliphatic rings. The van der Waals surface area contributed by atoms with Gasteiger partial charge in [-0.25, -0.2) is 0 Å². The minimum atomic E-state index is -0.140. The first-order chi connectivity index (χ1) is 15.6. The standard InChI is InChI=1S/C25H31N5O2/c1-3-32-22-11-7-8-19(16-22)23(31)28-17-25(20-9-5-4-6-10-20)14-12-21(13-15-25)30-24(27-2)29-18-26/h4-11,16,21H,3,12-15,17H2,1-2H3,(H,28,31)(H2,27,29,30)/t21-,25-. The second kappa shape index (κ2) is 11.2. The van der Waals surface area contributed by atoms with Crippen LogP contribution < -0.4 is 20.7 Å². The van der Waals surface area contributed by atoms with E-state index in [1.807, 2.05) is 49.5 Å². The smallest absolute Gasteiger partial charge is 0.251 e. The van der Waals surface area contributed by atoms with E-state index in [4.69, 9.17) is 10.00 Å². The molecule has 0 unspecified atom stereocenters. The van der Waals surface area contributed by atoms with Gasteiger partial charge in [-0.15, -0.1) is 4.99 Å². The minimum absolute atomic E-state index is 0.0965. The van der Waals surface area contributed by atoms with Crippen LogP contribution in [-0.4, -0.2) is 38.1 Å². The summed E-state index contributed by atoms with van der Waals surface area (Å²) in [6.07, 6.45) is 5.47. The number of amides is 1. The van der Waals surface area contributed by atoms with Gasteiger partial charge in [-0.2, -0.15) is 5.26 Å². The maximum Gasteiger partial charge on any atom is 0.251 e. The van der Waals surface area contributed by atoms with Crippen molar-refractivity contribution in [2.75, 3.05) is 20.2 Å². The van der Waals surface area contributed by atoms with Crippen molar-refractivity contribution in [2.45, 2.75) is 44.1 Å². The number of nitriles is 1. The molecule has 0 spiro atoms. The van der Waals surface area contributed by atoms with Crippen molar-refractivity contribution < 1.29 is 9.53 Å². The Bertz CT molecular complexity index is 960. The number of nitrogens with zero attached hydrogens (tertiary/aromatic N) is 2. The molecule has 0 bridgehead atoms. The maximum atomic E-state index is 12.9. The van der Waals surface area contributed by atoms with E-state index in [9.17, 15) is 4.79 Å². The number of rotatable bonds is 7. The van der Waals surface area contributed by atoms with E-state index >= 15 is 0 Å². The molecule has 168 valence electrons. The molecule has 1 aliphatic carbocycles. The molecule has 0 heterocycles. The number of guanidine groups is 1. The summed E-state index contributed by atoms with van der Waals surface area (Å²) in [6, 6.07) is 17.9. The Morgan fingerprint density at radius 3 is 2.59 bits per heavy atom. The van der Waals surface area contributed by atoms with E-state index in [-0.39, 0.29) is 17.4 Å². The molecule has 32 heavy (non-hydrogen) atoms. The van der Waals surface area contributed by atoms with Gasteiger partial charge in [0, 0.05) is 30.6 Å². The first-order valence-electron chi connectivity index (χ1n) is 11.1. The number of aliphatic imine (C=N–C) groups is 1. The number of carbonyl (C=O) groups is 1. The number of hydrogen-bond acceptors (Lipinski definition) is 4. The van der Waals surface area contributed by atoms with Crippen LogP contribution in [0.4, 0.5) is 0 Å². The average Bonchev–Trinajstić information content (AvgIpc) is 2.84. The zero-order valence-electron chi connectivity index (χ0n) is 18.7. The first-order valence-corrected chi connectivity index (χ1v) is 11.1. The summed E-state index contributed by atoms with van der Waals surface area (Å²) >= 11 is 0. The van der Waals surface area contributed by atoms with Crippen LogP contribution in [0.15, 0.2) is 59.6 Å². The summed E-state index contributed by atoms with van der Waals surface area (Å²) in [5, 5.41) is 18.2. The Morgan fingerprint density at radius 2 is 1.94 bits per heavy atom. The minimum Gasteiger partial charge on any atom is -0.494 e. The number of nitrogens with one attached hydrogen (secondary N) is 3. The lowest BCUT2D eigenvalue weighted by Crippen LogP contribution is -2.49. The summed E-state index contributed by atoms with van der Waals surface area (Å²) in [6.45, 7) is 3.05. The largest absolute Gasteiger partial charge is 0.494 e. The highest BCUT2D eigenvalue weighted by molar-refractivity contribution is 5.94. The molecular weight excluding hydrogens is 402 g/mol. The normalized spacial score (nSPS) is 20.7. The van der Waals surface area contributed by atoms with Crippen LogP contribution in [-0.2, 0) is 5.41 Å². The third kappa shape index (κ3) is 5.79. The van der Waals surface area contributed by atoms with E-state index in [0.29, 0.717) is 30.4 Å².